The molecular weight excluding hydrogens is 328 g/mol. The van der Waals surface area contributed by atoms with E-state index in [1.54, 1.807) is 6.92 Å². The minimum atomic E-state index is -1.04. The maximum absolute atomic E-state index is 11.5. The van der Waals surface area contributed by atoms with E-state index in [2.05, 4.69) is 0 Å². The molecule has 25 heavy (non-hydrogen) atoms. The molecule has 0 unspecified atom stereocenters. The van der Waals surface area contributed by atoms with E-state index in [-0.39, 0.29) is 0 Å². The summed E-state index contributed by atoms with van der Waals surface area (Å²) in [4.78, 5) is 22.8. The lowest BCUT2D eigenvalue weighted by Crippen LogP contribution is -2.60. The molecule has 0 aliphatic carbocycles. The number of carbonyl (C=O) groups excluding carboxylic acids is 2. The molecular formula is C18H24O7. The van der Waals surface area contributed by atoms with Crippen molar-refractivity contribution in [3.05, 3.63) is 35.9 Å². The van der Waals surface area contributed by atoms with Crippen molar-refractivity contribution in [2.45, 2.75) is 58.1 Å². The maximum Gasteiger partial charge on any atom is 0.305 e. The first kappa shape index (κ1) is 19.4. The van der Waals surface area contributed by atoms with Gasteiger partial charge in [-0.2, -0.15) is 0 Å². The largest absolute Gasteiger partial charge is 0.453 e. The van der Waals surface area contributed by atoms with Crippen molar-refractivity contribution in [3.63, 3.8) is 0 Å². The molecule has 0 aromatic heterocycles. The molecule has 7 heteroatoms. The van der Waals surface area contributed by atoms with E-state index in [1.165, 1.54) is 21.0 Å². The summed E-state index contributed by atoms with van der Waals surface area (Å²) in [6.07, 6.45) is -3.52. The highest BCUT2D eigenvalue weighted by atomic mass is 16.7. The molecule has 1 aromatic carbocycles. The quantitative estimate of drug-likeness (QED) is 0.723. The first-order valence-electron chi connectivity index (χ1n) is 8.10. The van der Waals surface area contributed by atoms with Gasteiger partial charge in [0, 0.05) is 21.0 Å². The molecule has 5 atom stereocenters. The molecule has 1 aromatic rings. The molecule has 0 radical (unpaired) electrons. The molecule has 0 saturated carbocycles. The first-order chi connectivity index (χ1) is 11.9. The van der Waals surface area contributed by atoms with Gasteiger partial charge in [-0.05, 0) is 12.5 Å². The van der Waals surface area contributed by atoms with Gasteiger partial charge in [0.2, 0.25) is 6.29 Å². The third-order valence-electron chi connectivity index (χ3n) is 3.87. The van der Waals surface area contributed by atoms with Gasteiger partial charge in [-0.1, -0.05) is 30.3 Å². The van der Waals surface area contributed by atoms with Crippen LogP contribution in [0.25, 0.3) is 0 Å². The Kier molecular flexibility index (Phi) is 6.92. The Labute approximate surface area is 147 Å². The Bertz CT molecular complexity index is 574. The Morgan fingerprint density at radius 3 is 2.20 bits per heavy atom. The number of ether oxygens (including phenoxy) is 5. The van der Waals surface area contributed by atoms with Gasteiger partial charge in [-0.3, -0.25) is 9.59 Å². The predicted octanol–water partition coefficient (Wildman–Crippen LogP) is 1.83. The van der Waals surface area contributed by atoms with Crippen molar-refractivity contribution < 1.29 is 33.3 Å². The number of rotatable bonds is 6. The number of esters is 2. The zero-order valence-corrected chi connectivity index (χ0v) is 14.8. The van der Waals surface area contributed by atoms with E-state index >= 15 is 0 Å². The van der Waals surface area contributed by atoms with Crippen LogP contribution in [0, 0.1) is 0 Å². The zero-order valence-electron chi connectivity index (χ0n) is 14.8. The molecule has 1 aliphatic rings. The summed E-state index contributed by atoms with van der Waals surface area (Å²) in [7, 11) is 1.49. The van der Waals surface area contributed by atoms with Gasteiger partial charge >= 0.3 is 11.9 Å². The molecule has 7 nitrogen and oxygen atoms in total. The van der Waals surface area contributed by atoms with Crippen molar-refractivity contribution in [2.75, 3.05) is 7.11 Å². The van der Waals surface area contributed by atoms with Crippen LogP contribution in [0.15, 0.2) is 30.3 Å². The summed E-state index contributed by atoms with van der Waals surface area (Å²) in [6, 6.07) is 9.66. The van der Waals surface area contributed by atoms with Crippen LogP contribution in [0.2, 0.25) is 0 Å². The Hall–Kier alpha value is -1.96. The highest BCUT2D eigenvalue weighted by Crippen LogP contribution is 2.29. The smallest absolute Gasteiger partial charge is 0.305 e. The molecule has 138 valence electrons. The number of carbonyl (C=O) groups is 2. The van der Waals surface area contributed by atoms with E-state index in [0.717, 1.165) is 5.56 Å². The molecule has 2 rings (SSSR count). The minimum Gasteiger partial charge on any atom is -0.453 e. The highest BCUT2D eigenvalue weighted by Gasteiger charge is 2.49. The molecule has 1 heterocycles. The monoisotopic (exact) mass is 352 g/mol. The minimum absolute atomic E-state index is 0.351. The average molecular weight is 352 g/mol. The molecule has 1 saturated heterocycles. The number of methoxy groups -OCH3 is 1. The summed E-state index contributed by atoms with van der Waals surface area (Å²) < 4.78 is 27.6. The normalized spacial score (nSPS) is 29.0. The van der Waals surface area contributed by atoms with Crippen LogP contribution in [0.5, 0.6) is 0 Å². The van der Waals surface area contributed by atoms with Gasteiger partial charge in [0.05, 0.1) is 12.7 Å². The molecule has 1 aliphatic heterocycles. The van der Waals surface area contributed by atoms with Crippen LogP contribution in [-0.4, -0.2) is 49.8 Å². The summed E-state index contributed by atoms with van der Waals surface area (Å²) in [5, 5.41) is 0. The van der Waals surface area contributed by atoms with Crippen LogP contribution < -0.4 is 0 Å². The van der Waals surface area contributed by atoms with Gasteiger partial charge in [-0.25, -0.2) is 0 Å². The van der Waals surface area contributed by atoms with Gasteiger partial charge < -0.3 is 23.7 Å². The van der Waals surface area contributed by atoms with Crippen molar-refractivity contribution in [1.29, 1.82) is 0 Å². The summed E-state index contributed by atoms with van der Waals surface area (Å²) in [5.74, 6) is -1.06. The lowest BCUT2D eigenvalue weighted by molar-refractivity contribution is -0.299. The van der Waals surface area contributed by atoms with E-state index in [0.29, 0.717) is 6.61 Å². The maximum atomic E-state index is 11.5. The molecule has 1 fully saturated rings. The van der Waals surface area contributed by atoms with Crippen molar-refractivity contribution in [3.8, 4) is 0 Å². The van der Waals surface area contributed by atoms with Gasteiger partial charge in [0.25, 0.3) is 0 Å². The summed E-state index contributed by atoms with van der Waals surface area (Å²) in [6.45, 7) is 4.68. The van der Waals surface area contributed by atoms with Gasteiger partial charge in [0.15, 0.2) is 6.10 Å². The Balaban J connectivity index is 2.15. The van der Waals surface area contributed by atoms with Gasteiger partial charge in [-0.15, -0.1) is 0 Å². The Morgan fingerprint density at radius 2 is 1.64 bits per heavy atom. The number of benzene rings is 1. The van der Waals surface area contributed by atoms with Crippen molar-refractivity contribution in [1.82, 2.24) is 0 Å². The fourth-order valence-electron chi connectivity index (χ4n) is 2.81. The fraction of sp³-hybridized carbons (Fsp3) is 0.556. The van der Waals surface area contributed by atoms with Crippen LogP contribution in [0.1, 0.15) is 26.3 Å². The van der Waals surface area contributed by atoms with E-state index in [1.807, 2.05) is 30.3 Å². The number of hydrogen-bond acceptors (Lipinski definition) is 7. The second-order valence-electron chi connectivity index (χ2n) is 5.85. The third-order valence-corrected chi connectivity index (χ3v) is 3.87. The van der Waals surface area contributed by atoms with Crippen LogP contribution >= 0.6 is 0 Å². The molecule has 0 amide bonds. The van der Waals surface area contributed by atoms with E-state index in [4.69, 9.17) is 23.7 Å². The Morgan fingerprint density at radius 1 is 1.00 bits per heavy atom. The van der Waals surface area contributed by atoms with Crippen LogP contribution in [0.4, 0.5) is 0 Å². The summed E-state index contributed by atoms with van der Waals surface area (Å²) in [5.41, 5.74) is 0.996. The SMILES string of the molecule is CO[C@@H]1[C@@H](OCc2ccccc2)[C@H](C)O[C@@H](OC(C)=O)[C@@H]1OC(C)=O. The number of hydrogen-bond donors (Lipinski definition) is 0. The standard InChI is InChI=1S/C18H24O7/c1-11-15(22-10-14-8-6-5-7-9-14)16(21-4)17(24-12(2)19)18(23-11)25-13(3)20/h5-9,11,15-18H,10H2,1-4H3/t11-,15-,16+,17+,18-/m0/s1. The zero-order chi connectivity index (χ0) is 18.4. The fourth-order valence-corrected chi connectivity index (χ4v) is 2.81. The van der Waals surface area contributed by atoms with Gasteiger partial charge in [0.1, 0.15) is 12.2 Å². The van der Waals surface area contributed by atoms with Crippen LogP contribution in [0.3, 0.4) is 0 Å². The second kappa shape index (κ2) is 8.94. The summed E-state index contributed by atoms with van der Waals surface area (Å²) >= 11 is 0. The molecule has 0 spiro atoms. The molecule has 0 bridgehead atoms. The lowest BCUT2D eigenvalue weighted by atomic mass is 9.99. The predicted molar refractivity (Wildman–Crippen MR) is 87.5 cm³/mol. The van der Waals surface area contributed by atoms with E-state index in [9.17, 15) is 9.59 Å². The van der Waals surface area contributed by atoms with Crippen molar-refractivity contribution >= 4 is 11.9 Å². The van der Waals surface area contributed by atoms with E-state index < -0.39 is 42.6 Å². The average Bonchev–Trinajstić information content (AvgIpc) is 2.55. The van der Waals surface area contributed by atoms with Crippen LogP contribution in [-0.2, 0) is 39.9 Å². The first-order valence-corrected chi connectivity index (χ1v) is 8.10. The third kappa shape index (κ3) is 5.26. The molecule has 0 N–H and O–H groups in total. The highest BCUT2D eigenvalue weighted by molar-refractivity contribution is 5.67. The lowest BCUT2D eigenvalue weighted by Gasteiger charge is -2.43. The second-order valence-corrected chi connectivity index (χ2v) is 5.85. The van der Waals surface area contributed by atoms with Crippen molar-refractivity contribution in [2.24, 2.45) is 0 Å². The topological polar surface area (TPSA) is 80.3 Å².